The maximum atomic E-state index is 13.0. The minimum atomic E-state index is -3.47. The number of benzene rings is 2. The summed E-state index contributed by atoms with van der Waals surface area (Å²) in [7, 11) is -1.95. The molecule has 2 aromatic rings. The monoisotopic (exact) mass is 461 g/mol. The third kappa shape index (κ3) is 5.04. The van der Waals surface area contributed by atoms with Gasteiger partial charge in [-0.25, -0.2) is 13.2 Å². The second kappa shape index (κ2) is 9.60. The summed E-state index contributed by atoms with van der Waals surface area (Å²) in [6.45, 7) is 4.16. The van der Waals surface area contributed by atoms with E-state index in [-0.39, 0.29) is 24.7 Å². The number of ether oxygens (including phenoxy) is 3. The van der Waals surface area contributed by atoms with Crippen LogP contribution in [-0.4, -0.2) is 52.6 Å². The zero-order valence-electron chi connectivity index (χ0n) is 18.6. The molecule has 32 heavy (non-hydrogen) atoms. The summed E-state index contributed by atoms with van der Waals surface area (Å²) in [4.78, 5) is 26.7. The number of hydrogen-bond donors (Lipinski definition) is 0. The highest BCUT2D eigenvalue weighted by molar-refractivity contribution is 7.90. The summed E-state index contributed by atoms with van der Waals surface area (Å²) < 4.78 is 40.7. The molecule has 0 bridgehead atoms. The van der Waals surface area contributed by atoms with Crippen LogP contribution in [0.25, 0.3) is 0 Å². The van der Waals surface area contributed by atoms with E-state index < -0.39 is 21.8 Å². The topological polar surface area (TPSA) is 99.2 Å². The molecule has 9 heteroatoms. The Morgan fingerprint density at radius 3 is 2.47 bits per heavy atom. The van der Waals surface area contributed by atoms with Crippen molar-refractivity contribution in [3.05, 3.63) is 53.1 Å². The van der Waals surface area contributed by atoms with E-state index in [2.05, 4.69) is 0 Å². The van der Waals surface area contributed by atoms with Crippen LogP contribution in [0.4, 0.5) is 5.69 Å². The Kier molecular flexibility index (Phi) is 7.08. The summed E-state index contributed by atoms with van der Waals surface area (Å²) in [6, 6.07) is 9.19. The van der Waals surface area contributed by atoms with E-state index in [1.165, 1.54) is 12.0 Å². The molecule has 1 unspecified atom stereocenters. The van der Waals surface area contributed by atoms with Crippen LogP contribution in [0.5, 0.6) is 11.5 Å². The smallest absolute Gasteiger partial charge is 0.338 e. The third-order valence-corrected chi connectivity index (χ3v) is 6.03. The Bertz CT molecular complexity index is 1130. The van der Waals surface area contributed by atoms with Gasteiger partial charge in [0.25, 0.3) is 0 Å². The molecule has 1 atom stereocenters. The van der Waals surface area contributed by atoms with Crippen LogP contribution in [-0.2, 0) is 25.8 Å². The summed E-state index contributed by atoms with van der Waals surface area (Å²) >= 11 is 0. The first-order valence-corrected chi connectivity index (χ1v) is 12.3. The van der Waals surface area contributed by atoms with E-state index in [1.807, 2.05) is 6.92 Å². The maximum Gasteiger partial charge on any atom is 0.338 e. The molecule has 0 saturated carbocycles. The lowest BCUT2D eigenvalue weighted by Crippen LogP contribution is -2.36. The van der Waals surface area contributed by atoms with Gasteiger partial charge in [-0.3, -0.25) is 4.79 Å². The van der Waals surface area contributed by atoms with Gasteiger partial charge in [-0.1, -0.05) is 12.1 Å². The normalized spacial score (nSPS) is 14.1. The Balaban J connectivity index is 2.12. The van der Waals surface area contributed by atoms with Crippen LogP contribution in [0.2, 0.25) is 0 Å². The van der Waals surface area contributed by atoms with Gasteiger partial charge in [0.1, 0.15) is 9.84 Å². The highest BCUT2D eigenvalue weighted by Crippen LogP contribution is 2.39. The van der Waals surface area contributed by atoms with Crippen molar-refractivity contribution >= 4 is 27.4 Å². The molecule has 0 aliphatic carbocycles. The van der Waals surface area contributed by atoms with Gasteiger partial charge in [-0.2, -0.15) is 0 Å². The zero-order chi connectivity index (χ0) is 23.5. The van der Waals surface area contributed by atoms with Gasteiger partial charge in [-0.05, 0) is 49.2 Å². The van der Waals surface area contributed by atoms with Crippen molar-refractivity contribution in [1.29, 1.82) is 0 Å². The average molecular weight is 462 g/mol. The van der Waals surface area contributed by atoms with Gasteiger partial charge in [0.2, 0.25) is 5.91 Å². The van der Waals surface area contributed by atoms with E-state index in [0.29, 0.717) is 34.9 Å². The lowest BCUT2D eigenvalue weighted by atomic mass is 10.0. The first-order chi connectivity index (χ1) is 15.2. The van der Waals surface area contributed by atoms with Gasteiger partial charge in [0.15, 0.2) is 11.5 Å². The number of carbonyl (C=O) groups excluding carboxylic acids is 2. The van der Waals surface area contributed by atoms with Crippen LogP contribution in [0.15, 0.2) is 36.4 Å². The van der Waals surface area contributed by atoms with Crippen LogP contribution in [0.1, 0.15) is 41.4 Å². The van der Waals surface area contributed by atoms with E-state index in [4.69, 9.17) is 14.2 Å². The number of nitrogens with zero attached hydrogens (tertiary/aromatic N) is 1. The zero-order valence-corrected chi connectivity index (χ0v) is 19.4. The molecule has 1 amide bonds. The minimum absolute atomic E-state index is 0.118. The molecule has 172 valence electrons. The Morgan fingerprint density at radius 1 is 1.09 bits per heavy atom. The molecule has 3 rings (SSSR count). The van der Waals surface area contributed by atoms with Crippen LogP contribution in [0, 0.1) is 0 Å². The van der Waals surface area contributed by atoms with Crippen molar-refractivity contribution in [3.8, 4) is 11.5 Å². The van der Waals surface area contributed by atoms with Crippen molar-refractivity contribution < 1.29 is 32.2 Å². The summed E-state index contributed by atoms with van der Waals surface area (Å²) in [5.74, 6) is -0.0786. The fourth-order valence-corrected chi connectivity index (χ4v) is 4.69. The molecular weight excluding hydrogens is 434 g/mol. The lowest BCUT2D eigenvalue weighted by molar-refractivity contribution is -0.117. The van der Waals surface area contributed by atoms with Crippen molar-refractivity contribution in [2.24, 2.45) is 0 Å². The van der Waals surface area contributed by atoms with Gasteiger partial charge in [0.05, 0.1) is 44.1 Å². The fraction of sp³-hybridized carbons (Fsp3) is 0.391. The molecule has 1 aliphatic rings. The highest BCUT2D eigenvalue weighted by atomic mass is 32.2. The van der Waals surface area contributed by atoms with E-state index >= 15 is 0 Å². The standard InChI is InChI=1S/C23H27NO7S/c1-5-30-21-12-15(9-10-20(21)29-3)19(14-32(4,27)28)24-18-11-17(23(26)31-6-2)8-7-16(18)13-22(24)25/h7-12,19H,5-6,13-14H2,1-4H3. The second-order valence-electron chi connectivity index (χ2n) is 7.46. The molecule has 1 heterocycles. The number of fused-ring (bicyclic) bond motifs is 1. The number of rotatable bonds is 9. The number of esters is 1. The van der Waals surface area contributed by atoms with Gasteiger partial charge < -0.3 is 19.1 Å². The Labute approximate surface area is 188 Å². The van der Waals surface area contributed by atoms with Crippen LogP contribution in [0.3, 0.4) is 0 Å². The number of methoxy groups -OCH3 is 1. The number of sulfone groups is 1. The van der Waals surface area contributed by atoms with Gasteiger partial charge in [-0.15, -0.1) is 0 Å². The molecule has 0 radical (unpaired) electrons. The van der Waals surface area contributed by atoms with Crippen LogP contribution >= 0.6 is 0 Å². The third-order valence-electron chi connectivity index (χ3n) is 5.11. The molecular formula is C23H27NO7S. The summed E-state index contributed by atoms with van der Waals surface area (Å²) in [6.07, 6.45) is 1.25. The molecule has 0 fully saturated rings. The summed E-state index contributed by atoms with van der Waals surface area (Å²) in [5.41, 5.74) is 2.11. The van der Waals surface area contributed by atoms with Gasteiger partial charge >= 0.3 is 5.97 Å². The number of carbonyl (C=O) groups is 2. The molecule has 0 spiro atoms. The fourth-order valence-electron chi connectivity index (χ4n) is 3.78. The number of amides is 1. The predicted octanol–water partition coefficient (Wildman–Crippen LogP) is 2.95. The largest absolute Gasteiger partial charge is 0.493 e. The molecule has 0 saturated heterocycles. The predicted molar refractivity (Wildman–Crippen MR) is 120 cm³/mol. The maximum absolute atomic E-state index is 13.0. The van der Waals surface area contributed by atoms with E-state index in [0.717, 1.165) is 11.8 Å². The first kappa shape index (κ1) is 23.6. The molecule has 1 aliphatic heterocycles. The number of anilines is 1. The summed E-state index contributed by atoms with van der Waals surface area (Å²) in [5, 5.41) is 0. The van der Waals surface area contributed by atoms with E-state index in [9.17, 15) is 18.0 Å². The van der Waals surface area contributed by atoms with E-state index in [1.54, 1.807) is 43.3 Å². The first-order valence-electron chi connectivity index (χ1n) is 10.3. The molecule has 0 N–H and O–H groups in total. The molecule has 0 aromatic heterocycles. The minimum Gasteiger partial charge on any atom is -0.493 e. The Hall–Kier alpha value is -3.07. The van der Waals surface area contributed by atoms with Crippen molar-refractivity contribution in [3.63, 3.8) is 0 Å². The van der Waals surface area contributed by atoms with Gasteiger partial charge in [0, 0.05) is 11.9 Å². The highest BCUT2D eigenvalue weighted by Gasteiger charge is 2.36. The lowest BCUT2D eigenvalue weighted by Gasteiger charge is -2.29. The van der Waals surface area contributed by atoms with Crippen LogP contribution < -0.4 is 14.4 Å². The second-order valence-corrected chi connectivity index (χ2v) is 9.64. The average Bonchev–Trinajstić information content (AvgIpc) is 3.06. The molecule has 8 nitrogen and oxygen atoms in total. The van der Waals surface area contributed by atoms with Crippen molar-refractivity contribution in [2.45, 2.75) is 26.3 Å². The SMILES string of the molecule is CCOC(=O)c1ccc2c(c1)N(C(CS(C)(=O)=O)c1ccc(OC)c(OCC)c1)C(=O)C2. The Morgan fingerprint density at radius 2 is 1.84 bits per heavy atom. The van der Waals surface area contributed by atoms with Crippen molar-refractivity contribution in [2.75, 3.05) is 37.2 Å². The van der Waals surface area contributed by atoms with Crippen molar-refractivity contribution in [1.82, 2.24) is 0 Å². The molecule has 2 aromatic carbocycles. The quantitative estimate of drug-likeness (QED) is 0.530. The number of hydrogen-bond acceptors (Lipinski definition) is 7.